The van der Waals surface area contributed by atoms with Gasteiger partial charge in [-0.25, -0.2) is 9.97 Å². The molecule has 0 amide bonds. The largest absolute Gasteiger partial charge is 0.383 e. The molecule has 0 spiro atoms. The molecule has 5 nitrogen and oxygen atoms in total. The number of nitrogen functional groups attached to an aromatic ring is 1. The second kappa shape index (κ2) is 4.75. The zero-order valence-corrected chi connectivity index (χ0v) is 11.0. The Balaban J connectivity index is 2.34. The number of nitrogens with two attached hydrogens (primary N) is 1. The second-order valence-electron chi connectivity index (χ2n) is 3.76. The molecule has 0 saturated heterocycles. The molecule has 2 heterocycles. The first-order valence-corrected chi connectivity index (χ1v) is 6.21. The maximum Gasteiger partial charge on any atom is 0.131 e. The summed E-state index contributed by atoms with van der Waals surface area (Å²) in [6.45, 7) is 3.95. The first kappa shape index (κ1) is 11.9. The van der Waals surface area contributed by atoms with Crippen molar-refractivity contribution < 1.29 is 0 Å². The highest BCUT2D eigenvalue weighted by Gasteiger charge is 2.10. The lowest BCUT2D eigenvalue weighted by atomic mass is 10.3. The van der Waals surface area contributed by atoms with Crippen molar-refractivity contribution in [3.8, 4) is 0 Å². The van der Waals surface area contributed by atoms with Crippen LogP contribution >= 0.6 is 11.8 Å². The van der Waals surface area contributed by atoms with Crippen molar-refractivity contribution in [2.24, 2.45) is 7.05 Å². The van der Waals surface area contributed by atoms with Gasteiger partial charge in [0.15, 0.2) is 0 Å². The number of hydrogen-bond donors (Lipinski definition) is 1. The van der Waals surface area contributed by atoms with Gasteiger partial charge < -0.3 is 5.73 Å². The highest BCUT2D eigenvalue weighted by Crippen LogP contribution is 2.29. The van der Waals surface area contributed by atoms with E-state index >= 15 is 0 Å². The Morgan fingerprint density at radius 2 is 2.18 bits per heavy atom. The standard InChI is InChI=1S/C11H15N5S/c1-4-9-14-10(12)7(2)11(15-9)17-8-5-13-16(3)6-8/h5-6H,4H2,1-3H3,(H2,12,14,15). The lowest BCUT2D eigenvalue weighted by Gasteiger charge is -2.07. The lowest BCUT2D eigenvalue weighted by Crippen LogP contribution is -2.03. The average molecular weight is 249 g/mol. The Labute approximate surface area is 104 Å². The van der Waals surface area contributed by atoms with Crippen LogP contribution in [0.4, 0.5) is 5.82 Å². The van der Waals surface area contributed by atoms with Gasteiger partial charge in [-0.2, -0.15) is 5.10 Å². The van der Waals surface area contributed by atoms with Gasteiger partial charge >= 0.3 is 0 Å². The molecule has 0 unspecified atom stereocenters. The molecule has 2 N–H and O–H groups in total. The first-order valence-electron chi connectivity index (χ1n) is 5.39. The van der Waals surface area contributed by atoms with Gasteiger partial charge in [0.05, 0.1) is 11.1 Å². The maximum atomic E-state index is 5.87. The van der Waals surface area contributed by atoms with Crippen LogP contribution in [0.15, 0.2) is 22.3 Å². The number of aromatic nitrogens is 4. The maximum absolute atomic E-state index is 5.87. The molecule has 0 bridgehead atoms. The van der Waals surface area contributed by atoms with E-state index in [1.165, 1.54) is 0 Å². The molecule has 0 aliphatic rings. The third-order valence-corrected chi connectivity index (χ3v) is 3.43. The van der Waals surface area contributed by atoms with Crippen LogP contribution in [0.2, 0.25) is 0 Å². The highest BCUT2D eigenvalue weighted by molar-refractivity contribution is 7.99. The smallest absolute Gasteiger partial charge is 0.131 e. The first-order chi connectivity index (χ1) is 8.10. The third kappa shape index (κ3) is 2.58. The molecule has 0 aliphatic heterocycles. The molecular formula is C11H15N5S. The van der Waals surface area contributed by atoms with Crippen LogP contribution in [0, 0.1) is 6.92 Å². The summed E-state index contributed by atoms with van der Waals surface area (Å²) in [6.07, 6.45) is 4.55. The summed E-state index contributed by atoms with van der Waals surface area (Å²) in [4.78, 5) is 9.77. The zero-order valence-electron chi connectivity index (χ0n) is 10.1. The van der Waals surface area contributed by atoms with Gasteiger partial charge in [0.1, 0.15) is 16.7 Å². The van der Waals surface area contributed by atoms with E-state index in [2.05, 4.69) is 15.1 Å². The predicted octanol–water partition coefficient (Wildman–Crippen LogP) is 1.81. The molecule has 0 saturated carbocycles. The summed E-state index contributed by atoms with van der Waals surface area (Å²) in [5, 5.41) is 5.03. The van der Waals surface area contributed by atoms with Crippen molar-refractivity contribution in [2.45, 2.75) is 30.2 Å². The molecular weight excluding hydrogens is 234 g/mol. The SMILES string of the molecule is CCc1nc(N)c(C)c(Sc2cnn(C)c2)n1. The van der Waals surface area contributed by atoms with E-state index in [1.54, 1.807) is 16.4 Å². The minimum absolute atomic E-state index is 0.559. The van der Waals surface area contributed by atoms with Crippen LogP contribution in [0.25, 0.3) is 0 Å². The summed E-state index contributed by atoms with van der Waals surface area (Å²) in [6, 6.07) is 0. The monoisotopic (exact) mass is 249 g/mol. The quantitative estimate of drug-likeness (QED) is 0.840. The molecule has 17 heavy (non-hydrogen) atoms. The van der Waals surface area contributed by atoms with Crippen molar-refractivity contribution in [2.75, 3.05) is 5.73 Å². The van der Waals surface area contributed by atoms with Crippen molar-refractivity contribution in [1.82, 2.24) is 19.7 Å². The summed E-state index contributed by atoms with van der Waals surface area (Å²) in [5.41, 5.74) is 6.80. The van der Waals surface area contributed by atoms with Gasteiger partial charge in [-0.1, -0.05) is 18.7 Å². The topological polar surface area (TPSA) is 69.6 Å². The van der Waals surface area contributed by atoms with E-state index < -0.39 is 0 Å². The average Bonchev–Trinajstić information content (AvgIpc) is 2.70. The summed E-state index contributed by atoms with van der Waals surface area (Å²) >= 11 is 1.56. The number of nitrogens with zero attached hydrogens (tertiary/aromatic N) is 4. The van der Waals surface area contributed by atoms with Crippen molar-refractivity contribution in [3.05, 3.63) is 23.8 Å². The van der Waals surface area contributed by atoms with E-state index in [0.717, 1.165) is 27.7 Å². The Bertz CT molecular complexity index is 535. The fourth-order valence-electron chi connectivity index (χ4n) is 1.38. The number of hydrogen-bond acceptors (Lipinski definition) is 5. The molecule has 2 aromatic heterocycles. The second-order valence-corrected chi connectivity index (χ2v) is 4.82. The van der Waals surface area contributed by atoms with Gasteiger partial charge in [0.25, 0.3) is 0 Å². The van der Waals surface area contributed by atoms with E-state index in [-0.39, 0.29) is 0 Å². The minimum atomic E-state index is 0.559. The van der Waals surface area contributed by atoms with Gasteiger partial charge in [-0.15, -0.1) is 0 Å². The molecule has 90 valence electrons. The Hall–Kier alpha value is -1.56. The van der Waals surface area contributed by atoms with E-state index in [1.807, 2.05) is 33.3 Å². The fraction of sp³-hybridized carbons (Fsp3) is 0.364. The summed E-state index contributed by atoms with van der Waals surface area (Å²) in [5.74, 6) is 1.34. The van der Waals surface area contributed by atoms with Gasteiger partial charge in [-0.05, 0) is 6.92 Å². The van der Waals surface area contributed by atoms with E-state index in [0.29, 0.717) is 5.82 Å². The molecule has 2 rings (SSSR count). The van der Waals surface area contributed by atoms with Crippen LogP contribution < -0.4 is 5.73 Å². The highest BCUT2D eigenvalue weighted by atomic mass is 32.2. The number of rotatable bonds is 3. The Morgan fingerprint density at radius 3 is 2.76 bits per heavy atom. The Kier molecular flexibility index (Phi) is 3.33. The number of anilines is 1. The summed E-state index contributed by atoms with van der Waals surface area (Å²) < 4.78 is 1.77. The molecule has 0 fully saturated rings. The molecule has 0 aromatic carbocycles. The van der Waals surface area contributed by atoms with Crippen molar-refractivity contribution in [1.29, 1.82) is 0 Å². The number of aryl methyl sites for hydroxylation is 2. The van der Waals surface area contributed by atoms with Crippen LogP contribution in [-0.4, -0.2) is 19.7 Å². The van der Waals surface area contributed by atoms with Crippen LogP contribution in [0.3, 0.4) is 0 Å². The van der Waals surface area contributed by atoms with Gasteiger partial charge in [0, 0.05) is 25.2 Å². The summed E-state index contributed by atoms with van der Waals surface area (Å²) in [7, 11) is 1.89. The molecule has 6 heteroatoms. The van der Waals surface area contributed by atoms with Crippen LogP contribution in [0.5, 0.6) is 0 Å². The molecule has 2 aromatic rings. The molecule has 0 atom stereocenters. The minimum Gasteiger partial charge on any atom is -0.383 e. The Morgan fingerprint density at radius 1 is 1.41 bits per heavy atom. The van der Waals surface area contributed by atoms with Crippen molar-refractivity contribution in [3.63, 3.8) is 0 Å². The van der Waals surface area contributed by atoms with Crippen molar-refractivity contribution >= 4 is 17.6 Å². The zero-order chi connectivity index (χ0) is 12.4. The predicted molar refractivity (Wildman–Crippen MR) is 67.9 cm³/mol. The molecule has 0 radical (unpaired) electrons. The van der Waals surface area contributed by atoms with Gasteiger partial charge in [-0.3, -0.25) is 4.68 Å². The van der Waals surface area contributed by atoms with E-state index in [9.17, 15) is 0 Å². The fourth-order valence-corrected chi connectivity index (χ4v) is 2.32. The van der Waals surface area contributed by atoms with Crippen LogP contribution in [-0.2, 0) is 13.5 Å². The third-order valence-electron chi connectivity index (χ3n) is 2.40. The van der Waals surface area contributed by atoms with E-state index in [4.69, 9.17) is 5.73 Å². The van der Waals surface area contributed by atoms with Crippen LogP contribution in [0.1, 0.15) is 18.3 Å². The molecule has 0 aliphatic carbocycles. The van der Waals surface area contributed by atoms with Gasteiger partial charge in [0.2, 0.25) is 0 Å². The lowest BCUT2D eigenvalue weighted by molar-refractivity contribution is 0.766. The normalized spacial score (nSPS) is 10.8.